The van der Waals surface area contributed by atoms with Crippen LogP contribution in [0.2, 0.25) is 5.02 Å². The Morgan fingerprint density at radius 2 is 1.92 bits per heavy atom. The number of nitrogens with zero attached hydrogens (tertiary/aromatic N) is 2. The third-order valence-electron chi connectivity index (χ3n) is 7.29. The fourth-order valence-electron chi connectivity index (χ4n) is 5.44. The van der Waals surface area contributed by atoms with Crippen LogP contribution in [0.15, 0.2) is 41.8 Å². The number of carbonyl (C=O) groups is 2. The van der Waals surface area contributed by atoms with E-state index in [2.05, 4.69) is 10.3 Å². The van der Waals surface area contributed by atoms with E-state index < -0.39 is 6.04 Å². The van der Waals surface area contributed by atoms with E-state index in [-0.39, 0.29) is 17.6 Å². The third kappa shape index (κ3) is 4.74. The number of methoxy groups -OCH3 is 2. The molecule has 0 bridgehead atoms. The van der Waals surface area contributed by atoms with Gasteiger partial charge < -0.3 is 24.4 Å². The van der Waals surface area contributed by atoms with Crippen molar-refractivity contribution in [1.82, 2.24) is 9.88 Å². The van der Waals surface area contributed by atoms with Gasteiger partial charge >= 0.3 is 0 Å². The molecule has 190 valence electrons. The lowest BCUT2D eigenvalue weighted by Gasteiger charge is -2.31. The van der Waals surface area contributed by atoms with Crippen LogP contribution in [0.1, 0.15) is 44.1 Å². The molecule has 3 aliphatic rings. The Morgan fingerprint density at radius 1 is 1.17 bits per heavy atom. The minimum atomic E-state index is -0.640. The Balaban J connectivity index is 1.41. The highest BCUT2D eigenvalue weighted by Gasteiger charge is 2.43. The van der Waals surface area contributed by atoms with Gasteiger partial charge in [0, 0.05) is 30.3 Å². The Morgan fingerprint density at radius 3 is 2.61 bits per heavy atom. The number of anilines is 1. The largest absolute Gasteiger partial charge is 0.496 e. The van der Waals surface area contributed by atoms with Crippen LogP contribution in [0.4, 0.5) is 5.82 Å². The van der Waals surface area contributed by atoms with Crippen LogP contribution in [0.3, 0.4) is 0 Å². The lowest BCUT2D eigenvalue weighted by Crippen LogP contribution is -2.47. The first-order chi connectivity index (χ1) is 17.5. The average Bonchev–Trinajstić information content (AvgIpc) is 3.22. The van der Waals surface area contributed by atoms with Crippen LogP contribution in [0.25, 0.3) is 0 Å². The van der Waals surface area contributed by atoms with E-state index >= 15 is 0 Å². The number of fused-ring (bicyclic) bond motifs is 1. The summed E-state index contributed by atoms with van der Waals surface area (Å²) in [7, 11) is 3.17. The van der Waals surface area contributed by atoms with Crippen LogP contribution in [-0.4, -0.2) is 48.5 Å². The van der Waals surface area contributed by atoms with Gasteiger partial charge in [0.15, 0.2) is 17.3 Å². The summed E-state index contributed by atoms with van der Waals surface area (Å²) < 4.78 is 17.2. The van der Waals surface area contributed by atoms with Gasteiger partial charge in [-0.2, -0.15) is 0 Å². The number of pyridine rings is 1. The molecule has 9 heteroatoms. The molecule has 8 nitrogen and oxygen atoms in total. The minimum absolute atomic E-state index is 0.253. The van der Waals surface area contributed by atoms with E-state index in [1.165, 1.54) is 12.6 Å². The average molecular weight is 512 g/mol. The summed E-state index contributed by atoms with van der Waals surface area (Å²) >= 11 is 5.95. The number of aromatic nitrogens is 1. The summed E-state index contributed by atoms with van der Waals surface area (Å²) in [5.74, 6) is 2.24. The lowest BCUT2D eigenvalue weighted by molar-refractivity contribution is -0.135. The molecular weight excluding hydrogens is 482 g/mol. The number of ether oxygens (including phenoxy) is 3. The second kappa shape index (κ2) is 10.4. The van der Waals surface area contributed by atoms with Gasteiger partial charge in [0.05, 0.1) is 19.2 Å². The van der Waals surface area contributed by atoms with Gasteiger partial charge in [0.2, 0.25) is 5.91 Å². The summed E-state index contributed by atoms with van der Waals surface area (Å²) in [6, 6.07) is 6.29. The first kappa shape index (κ1) is 24.4. The molecule has 1 fully saturated rings. The second-order valence-corrected chi connectivity index (χ2v) is 9.97. The normalized spacial score (nSPS) is 18.3. The van der Waals surface area contributed by atoms with Crippen LogP contribution >= 0.6 is 11.6 Å². The molecule has 0 saturated heterocycles. The topological polar surface area (TPSA) is 90.0 Å². The van der Waals surface area contributed by atoms with E-state index in [0.717, 1.165) is 36.8 Å². The van der Waals surface area contributed by atoms with Crippen molar-refractivity contribution in [2.45, 2.75) is 51.0 Å². The maximum atomic E-state index is 13.6. The Hall–Kier alpha value is -3.26. The molecule has 2 aromatic rings. The van der Waals surface area contributed by atoms with Crippen molar-refractivity contribution in [2.24, 2.45) is 5.92 Å². The zero-order chi connectivity index (χ0) is 25.2. The SMILES string of the molecule is COc1ccc(OC)c2c1CC1=C(O2)C(=O)N(C(CC2CCCCC2)C(=O)Nc2ccc(Cl)cn2)C1. The van der Waals surface area contributed by atoms with Crippen LogP contribution in [0.5, 0.6) is 17.2 Å². The molecule has 0 spiro atoms. The molecule has 3 heterocycles. The highest BCUT2D eigenvalue weighted by molar-refractivity contribution is 6.30. The highest BCUT2D eigenvalue weighted by Crippen LogP contribution is 2.45. The van der Waals surface area contributed by atoms with Crippen molar-refractivity contribution in [3.8, 4) is 17.2 Å². The number of benzene rings is 1. The van der Waals surface area contributed by atoms with E-state index in [1.54, 1.807) is 37.3 Å². The Bertz CT molecular complexity index is 1190. The van der Waals surface area contributed by atoms with Gasteiger partial charge in [-0.05, 0) is 36.6 Å². The lowest BCUT2D eigenvalue weighted by atomic mass is 9.84. The predicted octanol–water partition coefficient (Wildman–Crippen LogP) is 4.76. The predicted molar refractivity (Wildman–Crippen MR) is 135 cm³/mol. The zero-order valence-electron chi connectivity index (χ0n) is 20.5. The van der Waals surface area contributed by atoms with Gasteiger partial charge in [-0.3, -0.25) is 9.59 Å². The summed E-state index contributed by atoms with van der Waals surface area (Å²) in [6.07, 6.45) is 8.23. The molecule has 1 aromatic heterocycles. The number of amides is 2. The second-order valence-electron chi connectivity index (χ2n) is 9.53. The van der Waals surface area contributed by atoms with Crippen molar-refractivity contribution in [3.05, 3.63) is 52.4 Å². The van der Waals surface area contributed by atoms with E-state index in [0.29, 0.717) is 53.4 Å². The molecule has 1 aromatic carbocycles. The molecule has 1 saturated carbocycles. The monoisotopic (exact) mass is 511 g/mol. The number of carbonyl (C=O) groups excluding carboxylic acids is 2. The molecule has 2 aliphatic heterocycles. The van der Waals surface area contributed by atoms with Crippen molar-refractivity contribution in [3.63, 3.8) is 0 Å². The molecule has 1 aliphatic carbocycles. The van der Waals surface area contributed by atoms with E-state index in [9.17, 15) is 9.59 Å². The summed E-state index contributed by atoms with van der Waals surface area (Å²) in [5.41, 5.74) is 1.68. The maximum absolute atomic E-state index is 13.6. The number of hydrogen-bond donors (Lipinski definition) is 1. The zero-order valence-corrected chi connectivity index (χ0v) is 21.3. The maximum Gasteiger partial charge on any atom is 0.290 e. The standard InChI is InChI=1S/C27H30ClN3O5/c1-34-21-9-10-22(35-2)25-19(21)13-17-15-31(27(33)24(17)36-25)20(12-16-6-4-3-5-7-16)26(32)30-23-11-8-18(28)14-29-23/h8-11,14,16,20H,3-7,12-13,15H2,1-2H3,(H,29,30,32). The quantitative estimate of drug-likeness (QED) is 0.576. The molecule has 2 amide bonds. The molecule has 5 rings (SSSR count). The van der Waals surface area contributed by atoms with Gasteiger partial charge in [0.25, 0.3) is 5.91 Å². The molecule has 0 radical (unpaired) electrons. The minimum Gasteiger partial charge on any atom is -0.496 e. The molecule has 1 atom stereocenters. The smallest absolute Gasteiger partial charge is 0.290 e. The fourth-order valence-corrected chi connectivity index (χ4v) is 5.56. The molecular formula is C27H30ClN3O5. The van der Waals surface area contributed by atoms with Crippen molar-refractivity contribution < 1.29 is 23.8 Å². The Labute approximate surface area is 215 Å². The van der Waals surface area contributed by atoms with Gasteiger partial charge in [0.1, 0.15) is 17.6 Å². The van der Waals surface area contributed by atoms with E-state index in [1.807, 2.05) is 6.07 Å². The fraction of sp³-hybridized carbons (Fsp3) is 0.444. The molecule has 36 heavy (non-hydrogen) atoms. The van der Waals surface area contributed by atoms with Gasteiger partial charge in [-0.1, -0.05) is 43.7 Å². The van der Waals surface area contributed by atoms with Gasteiger partial charge in [-0.25, -0.2) is 4.98 Å². The van der Waals surface area contributed by atoms with Crippen molar-refractivity contribution >= 4 is 29.2 Å². The highest BCUT2D eigenvalue weighted by atomic mass is 35.5. The number of rotatable bonds is 7. The Kier molecular flexibility index (Phi) is 7.05. The van der Waals surface area contributed by atoms with Crippen LogP contribution < -0.4 is 19.5 Å². The summed E-state index contributed by atoms with van der Waals surface area (Å²) in [5, 5.41) is 3.38. The molecule has 1 N–H and O–H groups in total. The van der Waals surface area contributed by atoms with Crippen molar-refractivity contribution in [2.75, 3.05) is 26.1 Å². The molecule has 1 unspecified atom stereocenters. The van der Waals surface area contributed by atoms with Crippen LogP contribution in [0, 0.1) is 5.92 Å². The summed E-state index contributed by atoms with van der Waals surface area (Å²) in [6.45, 7) is 0.326. The van der Waals surface area contributed by atoms with Gasteiger partial charge in [-0.15, -0.1) is 0 Å². The third-order valence-corrected chi connectivity index (χ3v) is 7.52. The van der Waals surface area contributed by atoms with Crippen LogP contribution in [-0.2, 0) is 16.0 Å². The first-order valence-electron chi connectivity index (χ1n) is 12.4. The summed E-state index contributed by atoms with van der Waals surface area (Å²) in [4.78, 5) is 33.0. The first-order valence-corrected chi connectivity index (χ1v) is 12.7. The number of nitrogens with one attached hydrogen (secondary N) is 1. The van der Waals surface area contributed by atoms with E-state index in [4.69, 9.17) is 25.8 Å². The van der Waals surface area contributed by atoms with Crippen molar-refractivity contribution in [1.29, 1.82) is 0 Å². The number of halogens is 1. The number of hydrogen-bond acceptors (Lipinski definition) is 6.